The SMILES string of the molecule is CC(=O)N/N=C/CCC1CC1. The Morgan fingerprint density at radius 1 is 1.73 bits per heavy atom. The van der Waals surface area contributed by atoms with E-state index in [1.807, 2.05) is 0 Å². The molecule has 0 aliphatic heterocycles. The van der Waals surface area contributed by atoms with Gasteiger partial charge in [0.1, 0.15) is 0 Å². The summed E-state index contributed by atoms with van der Waals surface area (Å²) in [5, 5.41) is 3.75. The van der Waals surface area contributed by atoms with Crippen LogP contribution >= 0.6 is 0 Å². The molecule has 1 saturated carbocycles. The second-order valence-electron chi connectivity index (χ2n) is 3.00. The predicted octanol–water partition coefficient (Wildman–Crippen LogP) is 1.30. The van der Waals surface area contributed by atoms with Crippen molar-refractivity contribution in [2.75, 3.05) is 0 Å². The zero-order valence-corrected chi connectivity index (χ0v) is 6.84. The minimum absolute atomic E-state index is 0.104. The van der Waals surface area contributed by atoms with Gasteiger partial charge in [0.25, 0.3) is 0 Å². The largest absolute Gasteiger partial charge is 0.274 e. The third-order valence-electron chi connectivity index (χ3n) is 1.71. The molecule has 62 valence electrons. The Balaban J connectivity index is 1.91. The fourth-order valence-corrected chi connectivity index (χ4v) is 0.918. The minimum Gasteiger partial charge on any atom is -0.274 e. The monoisotopic (exact) mass is 154 g/mol. The molecular formula is C8H14N2O. The number of amides is 1. The molecule has 0 bridgehead atoms. The highest BCUT2D eigenvalue weighted by atomic mass is 16.2. The maximum Gasteiger partial charge on any atom is 0.236 e. The highest BCUT2D eigenvalue weighted by Crippen LogP contribution is 2.32. The number of hydrazone groups is 1. The third kappa shape index (κ3) is 4.53. The van der Waals surface area contributed by atoms with Gasteiger partial charge in [-0.15, -0.1) is 0 Å². The number of hydrogen-bond donors (Lipinski definition) is 1. The van der Waals surface area contributed by atoms with Gasteiger partial charge in [-0.1, -0.05) is 12.8 Å². The normalized spacial score (nSPS) is 17.2. The number of rotatable bonds is 4. The van der Waals surface area contributed by atoms with Gasteiger partial charge in [0.2, 0.25) is 5.91 Å². The lowest BCUT2D eigenvalue weighted by Gasteiger charge is -1.91. The third-order valence-corrected chi connectivity index (χ3v) is 1.71. The fraction of sp³-hybridized carbons (Fsp3) is 0.750. The second-order valence-corrected chi connectivity index (χ2v) is 3.00. The van der Waals surface area contributed by atoms with Crippen LogP contribution in [0.25, 0.3) is 0 Å². The number of carbonyl (C=O) groups excluding carboxylic acids is 1. The standard InChI is InChI=1S/C8H14N2O/c1-7(11)10-9-6-2-3-8-4-5-8/h6,8H,2-5H2,1H3,(H,10,11)/b9-6+. The van der Waals surface area contributed by atoms with Crippen molar-refractivity contribution < 1.29 is 4.79 Å². The van der Waals surface area contributed by atoms with Crippen molar-refractivity contribution in [1.29, 1.82) is 0 Å². The zero-order chi connectivity index (χ0) is 8.10. The first-order valence-corrected chi connectivity index (χ1v) is 4.07. The van der Waals surface area contributed by atoms with Crippen LogP contribution in [0.15, 0.2) is 5.10 Å². The lowest BCUT2D eigenvalue weighted by Crippen LogP contribution is -2.11. The van der Waals surface area contributed by atoms with Crippen LogP contribution in [0.2, 0.25) is 0 Å². The molecule has 1 amide bonds. The Bertz CT molecular complexity index is 161. The number of hydrogen-bond acceptors (Lipinski definition) is 2. The van der Waals surface area contributed by atoms with Crippen LogP contribution in [-0.2, 0) is 4.79 Å². The van der Waals surface area contributed by atoms with E-state index < -0.39 is 0 Å². The van der Waals surface area contributed by atoms with Crippen molar-refractivity contribution >= 4 is 12.1 Å². The summed E-state index contributed by atoms with van der Waals surface area (Å²) in [5.41, 5.74) is 2.37. The van der Waals surface area contributed by atoms with Gasteiger partial charge in [0.15, 0.2) is 0 Å². The van der Waals surface area contributed by atoms with Crippen molar-refractivity contribution in [1.82, 2.24) is 5.43 Å². The summed E-state index contributed by atoms with van der Waals surface area (Å²) in [5.74, 6) is 0.839. The van der Waals surface area contributed by atoms with Crippen LogP contribution in [0.4, 0.5) is 0 Å². The molecule has 1 fully saturated rings. The Kier molecular flexibility index (Phi) is 3.08. The average molecular weight is 154 g/mol. The van der Waals surface area contributed by atoms with Crippen molar-refractivity contribution in [3.05, 3.63) is 0 Å². The van der Waals surface area contributed by atoms with Crippen LogP contribution in [-0.4, -0.2) is 12.1 Å². The van der Waals surface area contributed by atoms with Gasteiger partial charge in [-0.05, 0) is 18.8 Å². The molecule has 1 rings (SSSR count). The summed E-state index contributed by atoms with van der Waals surface area (Å²) >= 11 is 0. The van der Waals surface area contributed by atoms with E-state index in [0.29, 0.717) is 0 Å². The lowest BCUT2D eigenvalue weighted by molar-refractivity contribution is -0.118. The molecule has 0 unspecified atom stereocenters. The summed E-state index contributed by atoms with van der Waals surface area (Å²) in [6, 6.07) is 0. The van der Waals surface area contributed by atoms with E-state index in [0.717, 1.165) is 12.3 Å². The van der Waals surface area contributed by atoms with E-state index >= 15 is 0 Å². The Morgan fingerprint density at radius 2 is 2.45 bits per heavy atom. The number of nitrogens with one attached hydrogen (secondary N) is 1. The number of nitrogens with zero attached hydrogens (tertiary/aromatic N) is 1. The van der Waals surface area contributed by atoms with Crippen molar-refractivity contribution in [2.45, 2.75) is 32.6 Å². The molecule has 0 radical (unpaired) electrons. The molecule has 0 heterocycles. The first kappa shape index (κ1) is 8.24. The lowest BCUT2D eigenvalue weighted by atomic mass is 10.2. The van der Waals surface area contributed by atoms with Crippen LogP contribution in [0.5, 0.6) is 0 Å². The fourth-order valence-electron chi connectivity index (χ4n) is 0.918. The molecule has 0 aromatic heterocycles. The molecule has 1 aliphatic carbocycles. The van der Waals surface area contributed by atoms with Crippen LogP contribution < -0.4 is 5.43 Å². The summed E-state index contributed by atoms with van der Waals surface area (Å²) < 4.78 is 0. The van der Waals surface area contributed by atoms with Crippen LogP contribution in [0.3, 0.4) is 0 Å². The Hall–Kier alpha value is -0.860. The Labute approximate surface area is 66.9 Å². The number of carbonyl (C=O) groups is 1. The topological polar surface area (TPSA) is 41.5 Å². The first-order chi connectivity index (χ1) is 5.29. The molecule has 0 aromatic carbocycles. The zero-order valence-electron chi connectivity index (χ0n) is 6.84. The maximum atomic E-state index is 10.3. The quantitative estimate of drug-likeness (QED) is 0.481. The van der Waals surface area contributed by atoms with Gasteiger partial charge in [0, 0.05) is 13.1 Å². The van der Waals surface area contributed by atoms with Crippen molar-refractivity contribution in [2.24, 2.45) is 11.0 Å². The summed E-state index contributed by atoms with van der Waals surface area (Å²) in [6.07, 6.45) is 6.76. The summed E-state index contributed by atoms with van der Waals surface area (Å²) in [7, 11) is 0. The second kappa shape index (κ2) is 4.11. The van der Waals surface area contributed by atoms with E-state index in [9.17, 15) is 4.79 Å². The molecule has 0 saturated heterocycles. The van der Waals surface area contributed by atoms with Gasteiger partial charge in [-0.25, -0.2) is 5.43 Å². The first-order valence-electron chi connectivity index (χ1n) is 4.07. The van der Waals surface area contributed by atoms with E-state index in [1.165, 1.54) is 26.2 Å². The van der Waals surface area contributed by atoms with Gasteiger partial charge < -0.3 is 0 Å². The van der Waals surface area contributed by atoms with Gasteiger partial charge in [-0.3, -0.25) is 4.79 Å². The molecule has 0 spiro atoms. The van der Waals surface area contributed by atoms with E-state index in [1.54, 1.807) is 6.21 Å². The average Bonchev–Trinajstić information content (AvgIpc) is 2.70. The molecule has 0 atom stereocenters. The van der Waals surface area contributed by atoms with Crippen LogP contribution in [0, 0.1) is 5.92 Å². The molecule has 3 nitrogen and oxygen atoms in total. The highest BCUT2D eigenvalue weighted by molar-refractivity contribution is 5.73. The van der Waals surface area contributed by atoms with Crippen molar-refractivity contribution in [3.63, 3.8) is 0 Å². The summed E-state index contributed by atoms with van der Waals surface area (Å²) in [6.45, 7) is 1.46. The van der Waals surface area contributed by atoms with E-state index in [-0.39, 0.29) is 5.91 Å². The van der Waals surface area contributed by atoms with E-state index in [4.69, 9.17) is 0 Å². The molecule has 11 heavy (non-hydrogen) atoms. The smallest absolute Gasteiger partial charge is 0.236 e. The maximum absolute atomic E-state index is 10.3. The molecule has 0 aromatic rings. The molecule has 1 aliphatic rings. The molecule has 3 heteroatoms. The predicted molar refractivity (Wildman–Crippen MR) is 44.3 cm³/mol. The van der Waals surface area contributed by atoms with E-state index in [2.05, 4.69) is 10.5 Å². The minimum atomic E-state index is -0.104. The van der Waals surface area contributed by atoms with Crippen molar-refractivity contribution in [3.8, 4) is 0 Å². The van der Waals surface area contributed by atoms with Gasteiger partial charge in [-0.2, -0.15) is 5.10 Å². The Morgan fingerprint density at radius 3 is 3.00 bits per heavy atom. The molecule has 1 N–H and O–H groups in total. The van der Waals surface area contributed by atoms with Gasteiger partial charge >= 0.3 is 0 Å². The summed E-state index contributed by atoms with van der Waals surface area (Å²) in [4.78, 5) is 10.3. The molecular weight excluding hydrogens is 140 g/mol. The van der Waals surface area contributed by atoms with Crippen LogP contribution in [0.1, 0.15) is 32.6 Å². The highest BCUT2D eigenvalue weighted by Gasteiger charge is 2.19. The van der Waals surface area contributed by atoms with Gasteiger partial charge in [0.05, 0.1) is 0 Å².